The zero-order valence-electron chi connectivity index (χ0n) is 10.9. The van der Waals surface area contributed by atoms with Gasteiger partial charge in [0.15, 0.2) is 0 Å². The number of fused-ring (bicyclic) bond motifs is 2. The van der Waals surface area contributed by atoms with Crippen molar-refractivity contribution < 1.29 is 18.3 Å². The van der Waals surface area contributed by atoms with Crippen LogP contribution >= 0.6 is 0 Å². The summed E-state index contributed by atoms with van der Waals surface area (Å²) in [6.45, 7) is 2.32. The van der Waals surface area contributed by atoms with Gasteiger partial charge in [-0.05, 0) is 29.7 Å². The van der Waals surface area contributed by atoms with Gasteiger partial charge in [-0.25, -0.2) is 0 Å². The smallest absolute Gasteiger partial charge is 0.392 e. The highest BCUT2D eigenvalue weighted by atomic mass is 19.4. The molecule has 1 N–H and O–H groups in total. The monoisotopic (exact) mass is 283 g/mol. The lowest BCUT2D eigenvalue weighted by Crippen LogP contribution is -2.46. The van der Waals surface area contributed by atoms with Gasteiger partial charge in [-0.3, -0.25) is 4.90 Å². The predicted octanol–water partition coefficient (Wildman–Crippen LogP) is 2.79. The van der Waals surface area contributed by atoms with E-state index in [1.807, 2.05) is 6.08 Å². The average Bonchev–Trinajstić information content (AvgIpc) is 2.43. The van der Waals surface area contributed by atoms with Crippen molar-refractivity contribution in [1.82, 2.24) is 4.90 Å². The van der Waals surface area contributed by atoms with Gasteiger partial charge in [0.25, 0.3) is 0 Å². The highest BCUT2D eigenvalue weighted by Crippen LogP contribution is 2.37. The van der Waals surface area contributed by atoms with Crippen LogP contribution in [-0.4, -0.2) is 35.7 Å². The van der Waals surface area contributed by atoms with Gasteiger partial charge >= 0.3 is 6.18 Å². The molecule has 3 atom stereocenters. The molecule has 1 aromatic rings. The van der Waals surface area contributed by atoms with Crippen molar-refractivity contribution >= 4 is 5.57 Å². The summed E-state index contributed by atoms with van der Waals surface area (Å²) in [5.41, 5.74) is 0.786. The fourth-order valence-electron chi connectivity index (χ4n) is 3.06. The molecule has 2 aliphatic rings. The molecule has 0 aromatic heterocycles. The SMILES string of the molecule is OC1CCN2CC=C(c3cccc(C(F)(F)F)c3)C1C2. The van der Waals surface area contributed by atoms with Gasteiger partial charge in [0.1, 0.15) is 0 Å². The highest BCUT2D eigenvalue weighted by Gasteiger charge is 2.35. The second kappa shape index (κ2) is 4.90. The van der Waals surface area contributed by atoms with Crippen molar-refractivity contribution in [2.75, 3.05) is 19.6 Å². The van der Waals surface area contributed by atoms with E-state index in [2.05, 4.69) is 4.90 Å². The molecule has 108 valence electrons. The Hall–Kier alpha value is -1.33. The molecule has 2 heterocycles. The number of piperidine rings is 1. The molecule has 5 heteroatoms. The Kier molecular flexibility index (Phi) is 3.34. The minimum atomic E-state index is -4.33. The van der Waals surface area contributed by atoms with Crippen LogP contribution in [0.1, 0.15) is 17.5 Å². The second-order valence-electron chi connectivity index (χ2n) is 5.46. The molecule has 0 amide bonds. The van der Waals surface area contributed by atoms with Gasteiger partial charge in [0, 0.05) is 25.6 Å². The maximum atomic E-state index is 12.8. The topological polar surface area (TPSA) is 23.5 Å². The fourth-order valence-corrected chi connectivity index (χ4v) is 3.06. The zero-order valence-corrected chi connectivity index (χ0v) is 10.9. The lowest BCUT2D eigenvalue weighted by Gasteiger charge is -2.40. The summed E-state index contributed by atoms with van der Waals surface area (Å²) in [4.78, 5) is 2.22. The Bertz CT molecular complexity index is 538. The maximum absolute atomic E-state index is 12.8. The lowest BCUT2D eigenvalue weighted by atomic mass is 9.81. The minimum Gasteiger partial charge on any atom is -0.392 e. The van der Waals surface area contributed by atoms with Crippen molar-refractivity contribution in [3.05, 3.63) is 41.5 Å². The Morgan fingerprint density at radius 2 is 2.05 bits per heavy atom. The molecule has 1 saturated heterocycles. The van der Waals surface area contributed by atoms with Crippen molar-refractivity contribution in [1.29, 1.82) is 0 Å². The van der Waals surface area contributed by atoms with Crippen LogP contribution in [0, 0.1) is 5.92 Å². The van der Waals surface area contributed by atoms with Crippen molar-refractivity contribution in [2.45, 2.75) is 18.7 Å². The summed E-state index contributed by atoms with van der Waals surface area (Å²) in [6, 6.07) is 5.39. The van der Waals surface area contributed by atoms with E-state index >= 15 is 0 Å². The fraction of sp³-hybridized carbons (Fsp3) is 0.467. The number of hydrogen-bond donors (Lipinski definition) is 1. The lowest BCUT2D eigenvalue weighted by molar-refractivity contribution is -0.137. The van der Waals surface area contributed by atoms with Crippen molar-refractivity contribution in [3.63, 3.8) is 0 Å². The molecule has 1 aromatic carbocycles. The Labute approximate surface area is 115 Å². The third kappa shape index (κ3) is 2.47. The van der Waals surface area contributed by atoms with E-state index in [1.54, 1.807) is 6.07 Å². The molecular formula is C15H16F3NO. The zero-order chi connectivity index (χ0) is 14.3. The van der Waals surface area contributed by atoms with Crippen molar-refractivity contribution in [3.8, 4) is 0 Å². The van der Waals surface area contributed by atoms with E-state index in [0.29, 0.717) is 12.0 Å². The molecular weight excluding hydrogens is 267 g/mol. The minimum absolute atomic E-state index is 0.0824. The molecule has 3 unspecified atom stereocenters. The molecule has 0 aliphatic carbocycles. The van der Waals surface area contributed by atoms with Gasteiger partial charge in [-0.2, -0.15) is 13.2 Å². The first kappa shape index (κ1) is 13.6. The Balaban J connectivity index is 1.96. The van der Waals surface area contributed by atoms with E-state index in [1.165, 1.54) is 12.1 Å². The molecule has 0 saturated carbocycles. The summed E-state index contributed by atoms with van der Waals surface area (Å²) >= 11 is 0. The normalized spacial score (nSPS) is 30.0. The average molecular weight is 283 g/mol. The largest absolute Gasteiger partial charge is 0.416 e. The van der Waals surface area contributed by atoms with E-state index in [-0.39, 0.29) is 5.92 Å². The molecule has 0 radical (unpaired) electrons. The number of alkyl halides is 3. The molecule has 1 fully saturated rings. The van der Waals surface area contributed by atoms with Crippen molar-refractivity contribution in [2.24, 2.45) is 5.92 Å². The molecule has 2 nitrogen and oxygen atoms in total. The van der Waals surface area contributed by atoms with Crippen LogP contribution in [0.3, 0.4) is 0 Å². The molecule has 2 bridgehead atoms. The van der Waals surface area contributed by atoms with Gasteiger partial charge in [0.05, 0.1) is 11.7 Å². The summed E-state index contributed by atoms with van der Waals surface area (Å²) < 4.78 is 38.4. The van der Waals surface area contributed by atoms with Crippen LogP contribution in [0.4, 0.5) is 13.2 Å². The molecule has 0 spiro atoms. The number of halogens is 3. The van der Waals surface area contributed by atoms with Crippen LogP contribution in [0.5, 0.6) is 0 Å². The number of nitrogens with zero attached hydrogens (tertiary/aromatic N) is 1. The summed E-state index contributed by atoms with van der Waals surface area (Å²) in [5.74, 6) is -0.0824. The number of aliphatic hydroxyl groups excluding tert-OH is 1. The van der Waals surface area contributed by atoms with Gasteiger partial charge in [-0.1, -0.05) is 18.2 Å². The van der Waals surface area contributed by atoms with Crippen LogP contribution < -0.4 is 0 Å². The highest BCUT2D eigenvalue weighted by molar-refractivity contribution is 5.70. The van der Waals surface area contributed by atoms with E-state index in [4.69, 9.17) is 0 Å². The van der Waals surface area contributed by atoms with Gasteiger partial charge < -0.3 is 5.11 Å². The summed E-state index contributed by atoms with van der Waals surface area (Å²) in [6.07, 6.45) is -2.16. The van der Waals surface area contributed by atoms with Crippen LogP contribution in [0.15, 0.2) is 30.3 Å². The van der Waals surface area contributed by atoms with Crippen LogP contribution in [-0.2, 0) is 6.18 Å². The van der Waals surface area contributed by atoms with Crippen LogP contribution in [0.2, 0.25) is 0 Å². The number of hydrogen-bond acceptors (Lipinski definition) is 2. The summed E-state index contributed by atoms with van der Waals surface area (Å²) in [7, 11) is 0. The Morgan fingerprint density at radius 1 is 1.25 bits per heavy atom. The predicted molar refractivity (Wildman–Crippen MR) is 70.0 cm³/mol. The van der Waals surface area contributed by atoms with E-state index < -0.39 is 17.8 Å². The number of aliphatic hydroxyl groups is 1. The number of benzene rings is 1. The van der Waals surface area contributed by atoms with E-state index in [0.717, 1.165) is 31.3 Å². The molecule has 20 heavy (non-hydrogen) atoms. The quantitative estimate of drug-likeness (QED) is 0.856. The van der Waals surface area contributed by atoms with Gasteiger partial charge in [-0.15, -0.1) is 0 Å². The second-order valence-corrected chi connectivity index (χ2v) is 5.46. The van der Waals surface area contributed by atoms with Gasteiger partial charge in [0.2, 0.25) is 0 Å². The maximum Gasteiger partial charge on any atom is 0.416 e. The first-order chi connectivity index (χ1) is 9.45. The van der Waals surface area contributed by atoms with E-state index in [9.17, 15) is 18.3 Å². The Morgan fingerprint density at radius 3 is 2.80 bits per heavy atom. The third-order valence-electron chi connectivity index (χ3n) is 4.15. The molecule has 3 rings (SSSR count). The molecule has 2 aliphatic heterocycles. The number of rotatable bonds is 1. The van der Waals surface area contributed by atoms with Crippen LogP contribution in [0.25, 0.3) is 5.57 Å². The standard InChI is InChI=1S/C15H16F3NO/c16-15(17,18)11-3-1-2-10(8-11)12-4-6-19-7-5-14(20)13(12)9-19/h1-4,8,13-14,20H,5-7,9H2. The summed E-state index contributed by atoms with van der Waals surface area (Å²) in [5, 5.41) is 10.1. The first-order valence-electron chi connectivity index (χ1n) is 6.73. The first-order valence-corrected chi connectivity index (χ1v) is 6.73. The third-order valence-corrected chi connectivity index (χ3v) is 4.15.